The standard InChI is InChI=1S/C14H24O4.Na.H/c1-13(2,3)10(9-11(15)18-4)14(12(16)17)7-5-6-8-14;;/h10H,5-9H2,1-4H3,(H,16,17);;. The number of carbonyl (C=O) groups excluding carboxylic acids is 1. The summed E-state index contributed by atoms with van der Waals surface area (Å²) in [5.41, 5.74) is -0.983. The van der Waals surface area contributed by atoms with E-state index in [4.69, 9.17) is 4.74 Å². The molecule has 0 heterocycles. The van der Waals surface area contributed by atoms with Crippen LogP contribution < -0.4 is 0 Å². The van der Waals surface area contributed by atoms with Gasteiger partial charge >= 0.3 is 41.5 Å². The van der Waals surface area contributed by atoms with Crippen molar-refractivity contribution in [3.63, 3.8) is 0 Å². The number of hydrogen-bond donors (Lipinski definition) is 1. The average molecular weight is 280 g/mol. The van der Waals surface area contributed by atoms with Crippen LogP contribution >= 0.6 is 0 Å². The van der Waals surface area contributed by atoms with Crippen LogP contribution in [-0.2, 0) is 14.3 Å². The Hall–Kier alpha value is -0.0600. The maximum atomic E-state index is 11.7. The Morgan fingerprint density at radius 2 is 1.74 bits per heavy atom. The summed E-state index contributed by atoms with van der Waals surface area (Å²) in [6.07, 6.45) is 3.38. The molecule has 1 atom stereocenters. The number of esters is 1. The van der Waals surface area contributed by atoms with Gasteiger partial charge in [-0.3, -0.25) is 9.59 Å². The van der Waals surface area contributed by atoms with Crippen molar-refractivity contribution in [3.05, 3.63) is 0 Å². The zero-order valence-corrected chi connectivity index (χ0v) is 11.8. The second kappa shape index (κ2) is 7.09. The van der Waals surface area contributed by atoms with Crippen molar-refractivity contribution in [1.82, 2.24) is 0 Å². The van der Waals surface area contributed by atoms with Crippen LogP contribution in [0.1, 0.15) is 52.9 Å². The second-order valence-corrected chi connectivity index (χ2v) is 6.37. The molecule has 0 aromatic carbocycles. The van der Waals surface area contributed by atoms with Crippen molar-refractivity contribution in [1.29, 1.82) is 0 Å². The van der Waals surface area contributed by atoms with Crippen LogP contribution in [0.5, 0.6) is 0 Å². The number of hydrogen-bond acceptors (Lipinski definition) is 3. The molecule has 1 rings (SSSR count). The van der Waals surface area contributed by atoms with E-state index in [0.29, 0.717) is 12.8 Å². The van der Waals surface area contributed by atoms with E-state index in [1.54, 1.807) is 0 Å². The van der Waals surface area contributed by atoms with Crippen molar-refractivity contribution >= 4 is 41.5 Å². The Bertz CT molecular complexity index is 327. The van der Waals surface area contributed by atoms with Gasteiger partial charge in [-0.25, -0.2) is 0 Å². The fourth-order valence-electron chi connectivity index (χ4n) is 3.30. The van der Waals surface area contributed by atoms with E-state index in [-0.39, 0.29) is 53.3 Å². The van der Waals surface area contributed by atoms with Crippen LogP contribution in [0.4, 0.5) is 0 Å². The predicted octanol–water partition coefficient (Wildman–Crippen LogP) is 2.21. The van der Waals surface area contributed by atoms with Gasteiger partial charge in [-0.15, -0.1) is 0 Å². The van der Waals surface area contributed by atoms with Gasteiger partial charge in [0.15, 0.2) is 0 Å². The van der Waals surface area contributed by atoms with E-state index in [1.807, 2.05) is 20.8 Å². The van der Waals surface area contributed by atoms with Crippen LogP contribution in [0.3, 0.4) is 0 Å². The molecule has 0 aromatic heterocycles. The molecular formula is C14H25NaO4. The minimum absolute atomic E-state index is 0. The molecule has 0 spiro atoms. The quantitative estimate of drug-likeness (QED) is 0.633. The Balaban J connectivity index is 0.00000324. The molecule has 0 amide bonds. The average Bonchev–Trinajstić information content (AvgIpc) is 2.73. The summed E-state index contributed by atoms with van der Waals surface area (Å²) in [4.78, 5) is 23.3. The van der Waals surface area contributed by atoms with Crippen LogP contribution in [-0.4, -0.2) is 53.7 Å². The summed E-state index contributed by atoms with van der Waals surface area (Å²) in [6.45, 7) is 6.01. The van der Waals surface area contributed by atoms with Gasteiger partial charge in [-0.05, 0) is 24.2 Å². The maximum absolute atomic E-state index is 11.7. The minimum atomic E-state index is -0.760. The van der Waals surface area contributed by atoms with E-state index in [0.717, 1.165) is 12.8 Å². The monoisotopic (exact) mass is 280 g/mol. The third-order valence-electron chi connectivity index (χ3n) is 4.23. The SMILES string of the molecule is COC(=O)CC(C(C)(C)C)C1(C(=O)O)CCCC1.[NaH]. The van der Waals surface area contributed by atoms with E-state index >= 15 is 0 Å². The van der Waals surface area contributed by atoms with E-state index in [1.165, 1.54) is 7.11 Å². The molecule has 1 unspecified atom stereocenters. The Kier molecular flexibility index (Phi) is 7.07. The molecule has 1 fully saturated rings. The topological polar surface area (TPSA) is 63.6 Å². The molecule has 4 nitrogen and oxygen atoms in total. The van der Waals surface area contributed by atoms with E-state index < -0.39 is 11.4 Å². The molecule has 1 N–H and O–H groups in total. The first kappa shape index (κ1) is 18.9. The second-order valence-electron chi connectivity index (χ2n) is 6.37. The van der Waals surface area contributed by atoms with Gasteiger partial charge in [0.25, 0.3) is 0 Å². The van der Waals surface area contributed by atoms with Gasteiger partial charge in [0.05, 0.1) is 12.5 Å². The van der Waals surface area contributed by atoms with Crippen molar-refractivity contribution in [2.45, 2.75) is 52.9 Å². The normalized spacial score (nSPS) is 19.4. The zero-order chi connectivity index (χ0) is 14.0. The van der Waals surface area contributed by atoms with Crippen LogP contribution in [0.25, 0.3) is 0 Å². The molecule has 1 aliphatic rings. The van der Waals surface area contributed by atoms with Gasteiger partial charge < -0.3 is 9.84 Å². The van der Waals surface area contributed by atoms with Crippen molar-refractivity contribution in [2.75, 3.05) is 7.11 Å². The first-order chi connectivity index (χ1) is 8.24. The van der Waals surface area contributed by atoms with Crippen LogP contribution in [0.2, 0.25) is 0 Å². The molecule has 0 aliphatic heterocycles. The van der Waals surface area contributed by atoms with Crippen molar-refractivity contribution in [2.24, 2.45) is 16.7 Å². The number of rotatable bonds is 4. The molecule has 0 radical (unpaired) electrons. The number of aliphatic carboxylic acids is 1. The zero-order valence-electron chi connectivity index (χ0n) is 11.8. The third-order valence-corrected chi connectivity index (χ3v) is 4.23. The predicted molar refractivity (Wildman–Crippen MR) is 75.3 cm³/mol. The fourth-order valence-corrected chi connectivity index (χ4v) is 3.30. The molecule has 106 valence electrons. The Morgan fingerprint density at radius 1 is 1.26 bits per heavy atom. The molecule has 1 saturated carbocycles. The molecule has 0 aromatic rings. The van der Waals surface area contributed by atoms with Gasteiger partial charge in [0.2, 0.25) is 0 Å². The molecule has 0 bridgehead atoms. The number of carboxylic acid groups (broad SMARTS) is 1. The van der Waals surface area contributed by atoms with Gasteiger partial charge in [-0.2, -0.15) is 0 Å². The summed E-state index contributed by atoms with van der Waals surface area (Å²) in [5.74, 6) is -1.26. The molecule has 19 heavy (non-hydrogen) atoms. The van der Waals surface area contributed by atoms with E-state index in [2.05, 4.69) is 0 Å². The number of methoxy groups -OCH3 is 1. The summed E-state index contributed by atoms with van der Waals surface area (Å²) >= 11 is 0. The van der Waals surface area contributed by atoms with E-state index in [9.17, 15) is 14.7 Å². The van der Waals surface area contributed by atoms with Gasteiger partial charge in [0.1, 0.15) is 0 Å². The Morgan fingerprint density at radius 3 is 2.05 bits per heavy atom. The summed E-state index contributed by atoms with van der Waals surface area (Å²) < 4.78 is 4.73. The number of carbonyl (C=O) groups is 2. The molecular weight excluding hydrogens is 255 g/mol. The molecule has 1 aliphatic carbocycles. The van der Waals surface area contributed by atoms with Crippen molar-refractivity contribution in [3.8, 4) is 0 Å². The summed E-state index contributed by atoms with van der Waals surface area (Å²) in [7, 11) is 1.35. The summed E-state index contributed by atoms with van der Waals surface area (Å²) in [5, 5.41) is 9.63. The number of ether oxygens (including phenoxy) is 1. The van der Waals surface area contributed by atoms with Crippen molar-refractivity contribution < 1.29 is 19.4 Å². The summed E-state index contributed by atoms with van der Waals surface area (Å²) in [6, 6.07) is 0. The van der Waals surface area contributed by atoms with Crippen LogP contribution in [0, 0.1) is 16.7 Å². The number of carboxylic acids is 1. The van der Waals surface area contributed by atoms with Gasteiger partial charge in [0, 0.05) is 6.42 Å². The Labute approximate surface area is 137 Å². The first-order valence-electron chi connectivity index (χ1n) is 6.54. The fraction of sp³-hybridized carbons (Fsp3) is 0.857. The molecule has 5 heteroatoms. The molecule has 0 saturated heterocycles. The third kappa shape index (κ3) is 4.20. The van der Waals surface area contributed by atoms with Crippen LogP contribution in [0.15, 0.2) is 0 Å². The first-order valence-corrected chi connectivity index (χ1v) is 6.54. The van der Waals surface area contributed by atoms with Gasteiger partial charge in [-0.1, -0.05) is 33.6 Å².